The molecule has 2 amide bonds. The molecule has 0 aliphatic carbocycles. The van der Waals surface area contributed by atoms with E-state index in [1.165, 1.54) is 0 Å². The van der Waals surface area contributed by atoms with Crippen LogP contribution in [0.4, 0.5) is 10.6 Å². The normalized spacial score (nSPS) is 10.6. The number of hydrogen-bond acceptors (Lipinski definition) is 3. The molecule has 0 fully saturated rings. The van der Waals surface area contributed by atoms with Gasteiger partial charge in [0.15, 0.2) is 0 Å². The zero-order valence-electron chi connectivity index (χ0n) is 14.6. The van der Waals surface area contributed by atoms with Gasteiger partial charge in [0.2, 0.25) is 0 Å². The van der Waals surface area contributed by atoms with Gasteiger partial charge in [-0.3, -0.25) is 4.98 Å². The molecule has 2 aromatic heterocycles. The Balaban J connectivity index is 2.18. The third kappa shape index (κ3) is 4.50. The molecule has 0 aliphatic heterocycles. The highest BCUT2D eigenvalue weighted by Gasteiger charge is 2.27. The third-order valence-electron chi connectivity index (χ3n) is 3.66. The number of aryl methyl sites for hydroxylation is 1. The molecule has 0 atom stereocenters. The number of carbonyl (C=O) groups excluding carboxylic acids is 1. The van der Waals surface area contributed by atoms with Crippen molar-refractivity contribution in [3.63, 3.8) is 0 Å². The molecular weight excluding hydrogens is 322 g/mol. The van der Waals surface area contributed by atoms with Crippen molar-refractivity contribution in [2.75, 3.05) is 29.5 Å². The SMILES string of the molecule is CCSCCNC(=O)N(CC)c1cc(-c2cccnc2)[nH][n+]1CC. The predicted octanol–water partition coefficient (Wildman–Crippen LogP) is 2.67. The van der Waals surface area contributed by atoms with Crippen LogP contribution in [-0.2, 0) is 6.54 Å². The van der Waals surface area contributed by atoms with Gasteiger partial charge in [-0.1, -0.05) is 6.92 Å². The number of thioether (sulfide) groups is 1. The Hall–Kier alpha value is -2.02. The molecule has 24 heavy (non-hydrogen) atoms. The zero-order valence-corrected chi connectivity index (χ0v) is 15.4. The van der Waals surface area contributed by atoms with Gasteiger partial charge in [-0.05, 0) is 31.7 Å². The Morgan fingerprint density at radius 2 is 2.25 bits per heavy atom. The summed E-state index contributed by atoms with van der Waals surface area (Å²) in [6, 6.07) is 5.85. The van der Waals surface area contributed by atoms with E-state index < -0.39 is 0 Å². The Morgan fingerprint density at radius 1 is 1.42 bits per heavy atom. The molecule has 0 spiro atoms. The number of nitrogens with one attached hydrogen (secondary N) is 2. The fourth-order valence-corrected chi connectivity index (χ4v) is 2.99. The largest absolute Gasteiger partial charge is 0.408 e. The first-order valence-corrected chi connectivity index (χ1v) is 9.53. The van der Waals surface area contributed by atoms with E-state index in [0.717, 1.165) is 35.1 Å². The van der Waals surface area contributed by atoms with Crippen LogP contribution in [0.5, 0.6) is 0 Å². The topological polar surface area (TPSA) is 64.9 Å². The van der Waals surface area contributed by atoms with Crippen LogP contribution < -0.4 is 14.9 Å². The summed E-state index contributed by atoms with van der Waals surface area (Å²) in [4.78, 5) is 18.4. The summed E-state index contributed by atoms with van der Waals surface area (Å²) in [5.41, 5.74) is 1.95. The van der Waals surface area contributed by atoms with Crippen LogP contribution in [0, 0.1) is 0 Å². The molecule has 2 heterocycles. The minimum atomic E-state index is -0.0619. The van der Waals surface area contributed by atoms with E-state index in [0.29, 0.717) is 13.1 Å². The van der Waals surface area contributed by atoms with Gasteiger partial charge in [-0.2, -0.15) is 21.3 Å². The van der Waals surface area contributed by atoms with Gasteiger partial charge in [0.1, 0.15) is 6.54 Å². The minimum Gasteiger partial charge on any atom is -0.317 e. The van der Waals surface area contributed by atoms with Gasteiger partial charge in [-0.25, -0.2) is 9.89 Å². The second kappa shape index (κ2) is 9.32. The number of amides is 2. The van der Waals surface area contributed by atoms with Crippen LogP contribution in [0.2, 0.25) is 0 Å². The Kier molecular flexibility index (Phi) is 7.11. The molecule has 2 aromatic rings. The molecule has 0 bridgehead atoms. The van der Waals surface area contributed by atoms with Gasteiger partial charge < -0.3 is 5.32 Å². The lowest BCUT2D eigenvalue weighted by Gasteiger charge is -2.13. The van der Waals surface area contributed by atoms with Crippen LogP contribution in [-0.4, -0.2) is 40.7 Å². The molecule has 0 aromatic carbocycles. The molecule has 0 saturated carbocycles. The summed E-state index contributed by atoms with van der Waals surface area (Å²) >= 11 is 1.82. The van der Waals surface area contributed by atoms with Crippen LogP contribution in [0.25, 0.3) is 11.3 Å². The van der Waals surface area contributed by atoms with E-state index in [1.807, 2.05) is 47.8 Å². The number of carbonyl (C=O) groups is 1. The predicted molar refractivity (Wildman–Crippen MR) is 99.3 cm³/mol. The quantitative estimate of drug-likeness (QED) is 0.569. The zero-order chi connectivity index (χ0) is 17.4. The Bertz CT molecular complexity index is 644. The molecule has 2 N–H and O–H groups in total. The number of nitrogens with zero attached hydrogens (tertiary/aromatic N) is 3. The summed E-state index contributed by atoms with van der Waals surface area (Å²) in [5.74, 6) is 2.86. The average molecular weight is 348 g/mol. The highest BCUT2D eigenvalue weighted by atomic mass is 32.2. The molecular formula is C17H26N5OS+. The first-order chi connectivity index (χ1) is 11.7. The molecule has 0 saturated heterocycles. The number of H-pyrrole nitrogens is 1. The van der Waals surface area contributed by atoms with Gasteiger partial charge in [0, 0.05) is 30.3 Å². The van der Waals surface area contributed by atoms with Crippen molar-refractivity contribution in [1.82, 2.24) is 15.4 Å². The summed E-state index contributed by atoms with van der Waals surface area (Å²) < 4.78 is 1.98. The van der Waals surface area contributed by atoms with Crippen LogP contribution >= 0.6 is 11.8 Å². The maximum atomic E-state index is 12.5. The highest BCUT2D eigenvalue weighted by Crippen LogP contribution is 2.20. The van der Waals surface area contributed by atoms with E-state index in [-0.39, 0.29) is 6.03 Å². The smallest absolute Gasteiger partial charge is 0.317 e. The van der Waals surface area contributed by atoms with Crippen molar-refractivity contribution < 1.29 is 9.48 Å². The van der Waals surface area contributed by atoms with Crippen molar-refractivity contribution in [3.05, 3.63) is 30.6 Å². The summed E-state index contributed by atoms with van der Waals surface area (Å²) in [7, 11) is 0. The van der Waals surface area contributed by atoms with Crippen LogP contribution in [0.3, 0.4) is 0 Å². The van der Waals surface area contributed by atoms with Crippen molar-refractivity contribution >= 4 is 23.6 Å². The number of aromatic nitrogens is 3. The number of pyridine rings is 1. The lowest BCUT2D eigenvalue weighted by Crippen LogP contribution is -2.48. The fourth-order valence-electron chi connectivity index (χ4n) is 2.46. The van der Waals surface area contributed by atoms with Crippen LogP contribution in [0.1, 0.15) is 20.8 Å². The van der Waals surface area contributed by atoms with E-state index in [9.17, 15) is 4.79 Å². The van der Waals surface area contributed by atoms with Crippen molar-refractivity contribution in [2.45, 2.75) is 27.3 Å². The van der Waals surface area contributed by atoms with Gasteiger partial charge in [-0.15, -0.1) is 0 Å². The Morgan fingerprint density at radius 3 is 2.88 bits per heavy atom. The average Bonchev–Trinajstić information content (AvgIpc) is 3.04. The van der Waals surface area contributed by atoms with Gasteiger partial charge in [0.25, 0.3) is 0 Å². The summed E-state index contributed by atoms with van der Waals surface area (Å²) in [6.07, 6.45) is 3.56. The molecule has 0 radical (unpaired) electrons. The number of anilines is 1. The molecule has 2 rings (SSSR count). The van der Waals surface area contributed by atoms with Crippen molar-refractivity contribution in [2.24, 2.45) is 0 Å². The highest BCUT2D eigenvalue weighted by molar-refractivity contribution is 7.99. The number of rotatable bonds is 8. The molecule has 0 unspecified atom stereocenters. The standard InChI is InChI=1S/C17H25N5OS/c1-4-21(17(23)19-10-11-24-6-3)16-12-15(20-22(16)5-2)14-8-7-9-18-13-14/h7-9,12-13H,4-6,10-11H2,1-3H3,(H,19,23)/p+1. The number of urea groups is 1. The maximum Gasteiger partial charge on any atom is 0.408 e. The minimum absolute atomic E-state index is 0.0619. The monoisotopic (exact) mass is 348 g/mol. The maximum absolute atomic E-state index is 12.5. The second-order valence-corrected chi connectivity index (χ2v) is 6.58. The van der Waals surface area contributed by atoms with E-state index in [2.05, 4.69) is 29.2 Å². The molecule has 130 valence electrons. The summed E-state index contributed by atoms with van der Waals surface area (Å²) in [5, 5.41) is 6.34. The van der Waals surface area contributed by atoms with E-state index >= 15 is 0 Å². The second-order valence-electron chi connectivity index (χ2n) is 5.19. The van der Waals surface area contributed by atoms with E-state index in [1.54, 1.807) is 11.1 Å². The molecule has 6 nitrogen and oxygen atoms in total. The van der Waals surface area contributed by atoms with E-state index in [4.69, 9.17) is 0 Å². The lowest BCUT2D eigenvalue weighted by atomic mass is 10.2. The van der Waals surface area contributed by atoms with Crippen LogP contribution in [0.15, 0.2) is 30.6 Å². The van der Waals surface area contributed by atoms with Crippen molar-refractivity contribution in [3.8, 4) is 11.3 Å². The first kappa shape index (κ1) is 18.3. The van der Waals surface area contributed by atoms with Crippen molar-refractivity contribution in [1.29, 1.82) is 0 Å². The van der Waals surface area contributed by atoms with Gasteiger partial charge >= 0.3 is 11.8 Å². The first-order valence-electron chi connectivity index (χ1n) is 8.37. The Labute approximate surface area is 147 Å². The summed E-state index contributed by atoms with van der Waals surface area (Å²) in [6.45, 7) is 8.20. The number of hydrogen-bond donors (Lipinski definition) is 2. The number of aromatic amines is 1. The van der Waals surface area contributed by atoms with Gasteiger partial charge in [0.05, 0.1) is 18.3 Å². The fraction of sp³-hybridized carbons (Fsp3) is 0.471. The third-order valence-corrected chi connectivity index (χ3v) is 4.56. The molecule has 7 heteroatoms. The molecule has 0 aliphatic rings. The lowest BCUT2D eigenvalue weighted by molar-refractivity contribution is -0.734.